The van der Waals surface area contributed by atoms with Crippen LogP contribution in [0.25, 0.3) is 4.96 Å². The lowest BCUT2D eigenvalue weighted by Crippen LogP contribution is -1.95. The molecule has 5 heteroatoms. The molecule has 0 spiro atoms. The van der Waals surface area contributed by atoms with Crippen molar-refractivity contribution >= 4 is 27.9 Å². The van der Waals surface area contributed by atoms with Crippen LogP contribution in [0.3, 0.4) is 0 Å². The van der Waals surface area contributed by atoms with Gasteiger partial charge in [0, 0.05) is 11.6 Å². The first-order chi connectivity index (χ1) is 10.1. The second-order valence-electron chi connectivity index (χ2n) is 5.33. The number of hydrogen-bond donors (Lipinski definition) is 0. The summed E-state index contributed by atoms with van der Waals surface area (Å²) in [7, 11) is 0. The highest BCUT2D eigenvalue weighted by Gasteiger charge is 2.15. The van der Waals surface area contributed by atoms with Crippen molar-refractivity contribution in [1.29, 1.82) is 0 Å². The molecule has 0 aliphatic rings. The van der Waals surface area contributed by atoms with E-state index in [1.165, 1.54) is 5.56 Å². The molecule has 0 aliphatic carbocycles. The number of hydrogen-bond acceptors (Lipinski definition) is 3. The van der Waals surface area contributed by atoms with Crippen molar-refractivity contribution in [2.24, 2.45) is 0 Å². The minimum atomic E-state index is 0.371. The van der Waals surface area contributed by atoms with E-state index < -0.39 is 0 Å². The van der Waals surface area contributed by atoms with Crippen LogP contribution in [0, 0.1) is 6.92 Å². The maximum absolute atomic E-state index is 6.06. The summed E-state index contributed by atoms with van der Waals surface area (Å²) in [6.45, 7) is 6.38. The third kappa shape index (κ3) is 2.65. The number of halogens is 1. The Kier molecular flexibility index (Phi) is 3.91. The van der Waals surface area contributed by atoms with Crippen LogP contribution in [-0.2, 0) is 5.88 Å². The van der Waals surface area contributed by atoms with Gasteiger partial charge in [0.25, 0.3) is 0 Å². The predicted octanol–water partition coefficient (Wildman–Crippen LogP) is 5.36. The van der Waals surface area contributed by atoms with Gasteiger partial charge in [0.2, 0.25) is 5.88 Å². The molecule has 1 aromatic carbocycles. The molecule has 0 N–H and O–H groups in total. The van der Waals surface area contributed by atoms with E-state index in [2.05, 4.69) is 37.0 Å². The lowest BCUT2D eigenvalue weighted by Gasteiger charge is -2.11. The number of nitrogens with zero attached hydrogens (tertiary/aromatic N) is 2. The van der Waals surface area contributed by atoms with Gasteiger partial charge in [0.15, 0.2) is 4.96 Å². The molecule has 0 unspecified atom stereocenters. The smallest absolute Gasteiger partial charge is 0.243 e. The van der Waals surface area contributed by atoms with Gasteiger partial charge < -0.3 is 4.74 Å². The molecule has 0 fully saturated rings. The Labute approximate surface area is 133 Å². The van der Waals surface area contributed by atoms with Crippen LogP contribution < -0.4 is 4.74 Å². The predicted molar refractivity (Wildman–Crippen MR) is 88.0 cm³/mol. The number of benzene rings is 1. The molecule has 21 heavy (non-hydrogen) atoms. The maximum atomic E-state index is 6.06. The highest BCUT2D eigenvalue weighted by Crippen LogP contribution is 2.32. The van der Waals surface area contributed by atoms with Crippen molar-refractivity contribution in [3.63, 3.8) is 0 Å². The average Bonchev–Trinajstić information content (AvgIpc) is 3.01. The average molecular weight is 321 g/mol. The fraction of sp³-hybridized carbons (Fsp3) is 0.312. The molecule has 0 bridgehead atoms. The molecule has 3 aromatic rings. The third-order valence-corrected chi connectivity index (χ3v) is 4.55. The Morgan fingerprint density at radius 1 is 1.38 bits per heavy atom. The molecule has 0 saturated carbocycles. The van der Waals surface area contributed by atoms with Gasteiger partial charge in [0.1, 0.15) is 11.4 Å². The fourth-order valence-corrected chi connectivity index (χ4v) is 3.17. The van der Waals surface area contributed by atoms with E-state index in [-0.39, 0.29) is 0 Å². The summed E-state index contributed by atoms with van der Waals surface area (Å²) >= 11 is 7.63. The van der Waals surface area contributed by atoms with Gasteiger partial charge in [-0.25, -0.2) is 0 Å². The maximum Gasteiger partial charge on any atom is 0.243 e. The Balaban J connectivity index is 2.01. The van der Waals surface area contributed by atoms with E-state index in [4.69, 9.17) is 16.3 Å². The minimum absolute atomic E-state index is 0.371. The lowest BCUT2D eigenvalue weighted by atomic mass is 10.0. The van der Waals surface area contributed by atoms with Gasteiger partial charge in [-0.1, -0.05) is 26.0 Å². The Morgan fingerprint density at radius 3 is 2.90 bits per heavy atom. The van der Waals surface area contributed by atoms with E-state index in [9.17, 15) is 0 Å². The zero-order valence-corrected chi connectivity index (χ0v) is 13.8. The summed E-state index contributed by atoms with van der Waals surface area (Å²) in [5.74, 6) is 2.28. The number of rotatable bonds is 4. The van der Waals surface area contributed by atoms with Crippen molar-refractivity contribution in [2.75, 3.05) is 0 Å². The number of imidazole rings is 1. The van der Waals surface area contributed by atoms with Gasteiger partial charge >= 0.3 is 0 Å². The summed E-state index contributed by atoms with van der Waals surface area (Å²) in [6.07, 6.45) is 1.97. The van der Waals surface area contributed by atoms with Crippen molar-refractivity contribution < 1.29 is 4.74 Å². The second kappa shape index (κ2) is 5.70. The van der Waals surface area contributed by atoms with Gasteiger partial charge in [-0.3, -0.25) is 4.40 Å². The first-order valence-corrected chi connectivity index (χ1v) is 8.30. The van der Waals surface area contributed by atoms with Crippen LogP contribution in [0.15, 0.2) is 29.8 Å². The molecule has 0 atom stereocenters. The Bertz CT molecular complexity index is 776. The monoisotopic (exact) mass is 320 g/mol. The van der Waals surface area contributed by atoms with Crippen molar-refractivity contribution in [3.05, 3.63) is 46.6 Å². The molecule has 3 rings (SSSR count). The first kappa shape index (κ1) is 14.4. The van der Waals surface area contributed by atoms with Crippen LogP contribution >= 0.6 is 22.9 Å². The molecule has 2 heterocycles. The quantitative estimate of drug-likeness (QED) is 0.605. The summed E-state index contributed by atoms with van der Waals surface area (Å²) in [5, 5.41) is 1.99. The normalized spacial score (nSPS) is 11.5. The summed E-state index contributed by atoms with van der Waals surface area (Å²) in [4.78, 5) is 5.43. The van der Waals surface area contributed by atoms with E-state index >= 15 is 0 Å². The minimum Gasteiger partial charge on any atom is -0.437 e. The van der Waals surface area contributed by atoms with Crippen LogP contribution in [0.4, 0.5) is 0 Å². The molecule has 0 aliphatic heterocycles. The van der Waals surface area contributed by atoms with Gasteiger partial charge in [-0.2, -0.15) is 4.98 Å². The number of alkyl halides is 1. The van der Waals surface area contributed by atoms with Crippen molar-refractivity contribution in [2.45, 2.75) is 32.6 Å². The molecular formula is C16H17ClN2OS. The molecule has 0 amide bonds. The highest BCUT2D eigenvalue weighted by atomic mass is 35.5. The largest absolute Gasteiger partial charge is 0.437 e. The van der Waals surface area contributed by atoms with Crippen molar-refractivity contribution in [3.8, 4) is 11.6 Å². The number of aromatic nitrogens is 2. The SMILES string of the molecule is Cc1ccc(C(C)C)cc1Oc1nc2sccn2c1CCl. The number of fused-ring (bicyclic) bond motifs is 1. The fourth-order valence-electron chi connectivity index (χ4n) is 2.21. The highest BCUT2D eigenvalue weighted by molar-refractivity contribution is 7.15. The first-order valence-electron chi connectivity index (χ1n) is 6.89. The number of thiazole rings is 1. The second-order valence-corrected chi connectivity index (χ2v) is 6.47. The van der Waals surface area contributed by atoms with E-state index in [1.54, 1.807) is 11.3 Å². The summed E-state index contributed by atoms with van der Waals surface area (Å²) in [5.41, 5.74) is 3.24. The standard InChI is InChI=1S/C16H17ClN2OS/c1-10(2)12-5-4-11(3)14(8-12)20-15-13(9-17)19-6-7-21-16(19)18-15/h4-8,10H,9H2,1-3H3. The Morgan fingerprint density at radius 2 is 2.19 bits per heavy atom. The van der Waals surface area contributed by atoms with Crippen LogP contribution in [0.5, 0.6) is 11.6 Å². The molecule has 2 aromatic heterocycles. The summed E-state index contributed by atoms with van der Waals surface area (Å²) in [6, 6.07) is 6.32. The van der Waals surface area contributed by atoms with E-state index in [1.807, 2.05) is 22.9 Å². The topological polar surface area (TPSA) is 26.5 Å². The van der Waals surface area contributed by atoms with Crippen LogP contribution in [0.1, 0.15) is 36.6 Å². The van der Waals surface area contributed by atoms with Crippen LogP contribution in [-0.4, -0.2) is 9.38 Å². The number of aryl methyl sites for hydroxylation is 1. The molecule has 110 valence electrons. The van der Waals surface area contributed by atoms with Crippen molar-refractivity contribution in [1.82, 2.24) is 9.38 Å². The molecule has 0 radical (unpaired) electrons. The van der Waals surface area contributed by atoms with E-state index in [0.29, 0.717) is 17.7 Å². The zero-order chi connectivity index (χ0) is 15.0. The third-order valence-electron chi connectivity index (χ3n) is 3.54. The molecule has 3 nitrogen and oxygen atoms in total. The van der Waals surface area contributed by atoms with Gasteiger partial charge in [-0.05, 0) is 30.0 Å². The number of ether oxygens (including phenoxy) is 1. The van der Waals surface area contributed by atoms with Gasteiger partial charge in [-0.15, -0.1) is 22.9 Å². The molecular weight excluding hydrogens is 304 g/mol. The Hall–Kier alpha value is -1.52. The van der Waals surface area contributed by atoms with Crippen LogP contribution in [0.2, 0.25) is 0 Å². The molecule has 0 saturated heterocycles. The lowest BCUT2D eigenvalue weighted by molar-refractivity contribution is 0.457. The zero-order valence-electron chi connectivity index (χ0n) is 12.3. The summed E-state index contributed by atoms with van der Waals surface area (Å²) < 4.78 is 8.04. The van der Waals surface area contributed by atoms with Gasteiger partial charge in [0.05, 0.1) is 5.88 Å². The van der Waals surface area contributed by atoms with E-state index in [0.717, 1.165) is 22.0 Å².